The lowest BCUT2D eigenvalue weighted by Gasteiger charge is -2.15. The first-order chi connectivity index (χ1) is 9.11. The minimum absolute atomic E-state index is 0.291. The van der Waals surface area contributed by atoms with Crippen LogP contribution >= 0.6 is 0 Å². The molecular formula is C15H21N3O. The Morgan fingerprint density at radius 2 is 1.95 bits per heavy atom. The van der Waals surface area contributed by atoms with Crippen LogP contribution < -0.4 is 10.1 Å². The number of aromatic nitrogens is 2. The van der Waals surface area contributed by atoms with Crippen LogP contribution in [0.1, 0.15) is 35.5 Å². The van der Waals surface area contributed by atoms with Crippen molar-refractivity contribution in [1.29, 1.82) is 0 Å². The molecule has 0 spiro atoms. The lowest BCUT2D eigenvalue weighted by Crippen LogP contribution is -2.18. The summed E-state index contributed by atoms with van der Waals surface area (Å²) in [7, 11) is 1.68. The minimum atomic E-state index is 0.291. The van der Waals surface area contributed by atoms with Gasteiger partial charge in [-0.25, -0.2) is 0 Å². The molecule has 1 aromatic heterocycles. The maximum absolute atomic E-state index is 5.17. The summed E-state index contributed by atoms with van der Waals surface area (Å²) < 4.78 is 5.17. The van der Waals surface area contributed by atoms with E-state index in [-0.39, 0.29) is 0 Å². The molecule has 0 unspecified atom stereocenters. The predicted octanol–water partition coefficient (Wildman–Crippen LogP) is 2.89. The first-order valence-corrected chi connectivity index (χ1v) is 6.49. The third kappa shape index (κ3) is 3.15. The molecule has 0 fully saturated rings. The Bertz CT molecular complexity index is 511. The van der Waals surface area contributed by atoms with Gasteiger partial charge in [-0.05, 0) is 38.5 Å². The molecule has 0 aliphatic heterocycles. The molecule has 0 saturated carbocycles. The summed E-state index contributed by atoms with van der Waals surface area (Å²) in [5.74, 6) is 0.887. The van der Waals surface area contributed by atoms with Crippen molar-refractivity contribution in [3.05, 3.63) is 46.8 Å². The molecule has 2 rings (SSSR count). The van der Waals surface area contributed by atoms with Crippen LogP contribution in [0.4, 0.5) is 0 Å². The predicted molar refractivity (Wildman–Crippen MR) is 76.3 cm³/mol. The van der Waals surface area contributed by atoms with Crippen LogP contribution in [-0.4, -0.2) is 17.3 Å². The number of aromatic amines is 1. The summed E-state index contributed by atoms with van der Waals surface area (Å²) in [4.78, 5) is 0. The molecular weight excluding hydrogens is 238 g/mol. The highest BCUT2D eigenvalue weighted by atomic mass is 16.5. The number of rotatable bonds is 5. The van der Waals surface area contributed by atoms with Gasteiger partial charge in [0, 0.05) is 23.8 Å². The summed E-state index contributed by atoms with van der Waals surface area (Å²) in [6.07, 6.45) is 0. The van der Waals surface area contributed by atoms with E-state index in [9.17, 15) is 0 Å². The van der Waals surface area contributed by atoms with E-state index >= 15 is 0 Å². The van der Waals surface area contributed by atoms with Gasteiger partial charge < -0.3 is 10.1 Å². The Morgan fingerprint density at radius 3 is 2.47 bits per heavy atom. The maximum atomic E-state index is 5.17. The standard InChI is InChI=1S/C15H21N3O/c1-10(13-5-7-14(19-4)8-6-13)16-9-15-11(2)17-18-12(15)3/h5-8,10,16H,9H2,1-4H3,(H,17,18)/t10-/m0/s1. The number of nitrogens with zero attached hydrogens (tertiary/aromatic N) is 1. The van der Waals surface area contributed by atoms with E-state index < -0.39 is 0 Å². The first kappa shape index (κ1) is 13.6. The summed E-state index contributed by atoms with van der Waals surface area (Å²) in [6, 6.07) is 8.44. The quantitative estimate of drug-likeness (QED) is 0.868. The van der Waals surface area contributed by atoms with Crippen LogP contribution in [0.5, 0.6) is 5.75 Å². The second-order valence-electron chi connectivity index (χ2n) is 4.79. The van der Waals surface area contributed by atoms with Crippen LogP contribution in [0.15, 0.2) is 24.3 Å². The number of hydrogen-bond acceptors (Lipinski definition) is 3. The zero-order valence-corrected chi connectivity index (χ0v) is 11.9. The SMILES string of the molecule is COc1ccc([C@H](C)NCc2c(C)n[nH]c2C)cc1. The van der Waals surface area contributed by atoms with Crippen molar-refractivity contribution < 1.29 is 4.74 Å². The van der Waals surface area contributed by atoms with E-state index in [2.05, 4.69) is 41.5 Å². The molecule has 0 aliphatic rings. The van der Waals surface area contributed by atoms with Crippen LogP contribution in [0, 0.1) is 13.8 Å². The van der Waals surface area contributed by atoms with Crippen LogP contribution in [0.3, 0.4) is 0 Å². The molecule has 19 heavy (non-hydrogen) atoms. The summed E-state index contributed by atoms with van der Waals surface area (Å²) >= 11 is 0. The second-order valence-corrected chi connectivity index (χ2v) is 4.79. The third-order valence-corrected chi connectivity index (χ3v) is 3.48. The average Bonchev–Trinajstić information content (AvgIpc) is 2.75. The van der Waals surface area contributed by atoms with E-state index in [1.54, 1.807) is 7.11 Å². The molecule has 0 bridgehead atoms. The average molecular weight is 259 g/mol. The fourth-order valence-corrected chi connectivity index (χ4v) is 2.10. The van der Waals surface area contributed by atoms with Gasteiger partial charge in [-0.3, -0.25) is 5.10 Å². The van der Waals surface area contributed by atoms with E-state index in [4.69, 9.17) is 4.74 Å². The van der Waals surface area contributed by atoms with E-state index in [0.717, 1.165) is 23.7 Å². The molecule has 0 radical (unpaired) electrons. The topological polar surface area (TPSA) is 49.9 Å². The van der Waals surface area contributed by atoms with Crippen molar-refractivity contribution in [3.63, 3.8) is 0 Å². The molecule has 2 aromatic rings. The lowest BCUT2D eigenvalue weighted by atomic mass is 10.1. The van der Waals surface area contributed by atoms with Gasteiger partial charge in [-0.2, -0.15) is 5.10 Å². The van der Waals surface area contributed by atoms with Gasteiger partial charge in [-0.1, -0.05) is 12.1 Å². The molecule has 4 nitrogen and oxygen atoms in total. The van der Waals surface area contributed by atoms with Crippen molar-refractivity contribution in [2.75, 3.05) is 7.11 Å². The van der Waals surface area contributed by atoms with Gasteiger partial charge >= 0.3 is 0 Å². The molecule has 0 amide bonds. The summed E-state index contributed by atoms with van der Waals surface area (Å²) in [5, 5.41) is 10.7. The van der Waals surface area contributed by atoms with E-state index in [1.807, 2.05) is 19.1 Å². The molecule has 102 valence electrons. The second kappa shape index (κ2) is 5.89. The highest BCUT2D eigenvalue weighted by Crippen LogP contribution is 2.18. The fraction of sp³-hybridized carbons (Fsp3) is 0.400. The largest absolute Gasteiger partial charge is 0.497 e. The Hall–Kier alpha value is -1.81. The van der Waals surface area contributed by atoms with Crippen LogP contribution in [0.25, 0.3) is 0 Å². The maximum Gasteiger partial charge on any atom is 0.118 e. The lowest BCUT2D eigenvalue weighted by molar-refractivity contribution is 0.414. The molecule has 1 atom stereocenters. The van der Waals surface area contributed by atoms with Gasteiger partial charge in [0.15, 0.2) is 0 Å². The van der Waals surface area contributed by atoms with Gasteiger partial charge in [0.1, 0.15) is 5.75 Å². The zero-order valence-electron chi connectivity index (χ0n) is 11.9. The molecule has 2 N–H and O–H groups in total. The number of benzene rings is 1. The number of H-pyrrole nitrogens is 1. The molecule has 1 heterocycles. The Balaban J connectivity index is 1.99. The smallest absolute Gasteiger partial charge is 0.118 e. The van der Waals surface area contributed by atoms with Gasteiger partial charge in [0.25, 0.3) is 0 Å². The van der Waals surface area contributed by atoms with E-state index in [1.165, 1.54) is 11.1 Å². The van der Waals surface area contributed by atoms with Crippen LogP contribution in [-0.2, 0) is 6.54 Å². The minimum Gasteiger partial charge on any atom is -0.497 e. The van der Waals surface area contributed by atoms with Crippen molar-refractivity contribution in [3.8, 4) is 5.75 Å². The number of hydrogen-bond donors (Lipinski definition) is 2. The number of methoxy groups -OCH3 is 1. The van der Waals surface area contributed by atoms with Gasteiger partial charge in [0.2, 0.25) is 0 Å². The summed E-state index contributed by atoms with van der Waals surface area (Å²) in [5.41, 5.74) is 4.69. The molecule has 4 heteroatoms. The Kier molecular flexibility index (Phi) is 4.22. The Labute approximate surface area is 114 Å². The third-order valence-electron chi connectivity index (χ3n) is 3.48. The zero-order chi connectivity index (χ0) is 13.8. The highest BCUT2D eigenvalue weighted by molar-refractivity contribution is 5.29. The van der Waals surface area contributed by atoms with Crippen LogP contribution in [0.2, 0.25) is 0 Å². The van der Waals surface area contributed by atoms with Crippen molar-refractivity contribution in [2.24, 2.45) is 0 Å². The Morgan fingerprint density at radius 1 is 1.26 bits per heavy atom. The van der Waals surface area contributed by atoms with Crippen molar-refractivity contribution in [2.45, 2.75) is 33.4 Å². The number of nitrogens with one attached hydrogen (secondary N) is 2. The highest BCUT2D eigenvalue weighted by Gasteiger charge is 2.09. The molecule has 0 aliphatic carbocycles. The first-order valence-electron chi connectivity index (χ1n) is 6.49. The van der Waals surface area contributed by atoms with E-state index in [0.29, 0.717) is 6.04 Å². The normalized spacial score (nSPS) is 12.4. The monoisotopic (exact) mass is 259 g/mol. The fourth-order valence-electron chi connectivity index (χ4n) is 2.10. The van der Waals surface area contributed by atoms with Gasteiger partial charge in [0.05, 0.1) is 12.8 Å². The number of ether oxygens (including phenoxy) is 1. The molecule has 1 aromatic carbocycles. The van der Waals surface area contributed by atoms with Crippen molar-refractivity contribution in [1.82, 2.24) is 15.5 Å². The van der Waals surface area contributed by atoms with Gasteiger partial charge in [-0.15, -0.1) is 0 Å². The van der Waals surface area contributed by atoms with Crippen molar-refractivity contribution >= 4 is 0 Å². The summed E-state index contributed by atoms with van der Waals surface area (Å²) in [6.45, 7) is 7.06. The molecule has 0 saturated heterocycles. The number of aryl methyl sites for hydroxylation is 2.